The van der Waals surface area contributed by atoms with E-state index >= 15 is 0 Å². The quantitative estimate of drug-likeness (QED) is 0.389. The monoisotopic (exact) mass is 423 g/mol. The van der Waals surface area contributed by atoms with Crippen molar-refractivity contribution >= 4 is 5.91 Å². The molecule has 0 heterocycles. The number of hydrogen-bond donors (Lipinski definition) is 3. The number of aliphatic hydroxyl groups excluding tert-OH is 1. The number of ether oxygens (including phenoxy) is 1. The van der Waals surface area contributed by atoms with Gasteiger partial charge in [-0.25, -0.2) is 0 Å². The molecule has 1 aliphatic rings. The minimum absolute atomic E-state index is 0.00715. The molecule has 0 radical (unpaired) electrons. The first kappa shape index (κ1) is 23.9. The molecule has 0 aliphatic heterocycles. The summed E-state index contributed by atoms with van der Waals surface area (Å²) in [7, 11) is 0. The fraction of sp³-hybridized carbons (Fsp3) is 0.667. The average Bonchev–Trinajstić information content (AvgIpc) is 2.67. The van der Waals surface area contributed by atoms with Gasteiger partial charge in [0, 0.05) is 18.1 Å². The van der Waals surface area contributed by atoms with E-state index < -0.39 is 23.4 Å². The molecule has 3 N–H and O–H groups in total. The van der Waals surface area contributed by atoms with Gasteiger partial charge in [0.05, 0.1) is 6.42 Å². The van der Waals surface area contributed by atoms with Crippen LogP contribution in [-0.4, -0.2) is 52.5 Å². The average molecular weight is 424 g/mol. The smallest absolute Gasteiger partial charge is 0.294 e. The van der Waals surface area contributed by atoms with Crippen molar-refractivity contribution in [3.05, 3.63) is 40.4 Å². The summed E-state index contributed by atoms with van der Waals surface area (Å²) in [6.45, 7) is 6.28. The highest BCUT2D eigenvalue weighted by molar-refractivity contribution is 5.77. The van der Waals surface area contributed by atoms with E-state index in [0.29, 0.717) is 31.4 Å². The number of β-amino-alcohol motifs (C(OH)–C–C–N with tert-alkyl or cyclic N) is 1. The lowest BCUT2D eigenvalue weighted by Gasteiger charge is -2.30. The summed E-state index contributed by atoms with van der Waals surface area (Å²) in [6, 6.07) is 9.03. The second-order valence-corrected chi connectivity index (χ2v) is 8.74. The van der Waals surface area contributed by atoms with Crippen molar-refractivity contribution in [2.24, 2.45) is 0 Å². The van der Waals surface area contributed by atoms with Gasteiger partial charge in [-0.15, -0.1) is 10.1 Å². The molecular formula is C21H33N3O6. The number of benzene rings is 1. The predicted molar refractivity (Wildman–Crippen MR) is 112 cm³/mol. The zero-order chi connectivity index (χ0) is 22.1. The Balaban J connectivity index is 1.90. The second-order valence-electron chi connectivity index (χ2n) is 8.74. The Morgan fingerprint density at radius 2 is 1.87 bits per heavy atom. The van der Waals surface area contributed by atoms with Crippen LogP contribution in [-0.2, 0) is 9.63 Å². The molecule has 2 unspecified atom stereocenters. The van der Waals surface area contributed by atoms with Crippen LogP contribution in [0.25, 0.3) is 0 Å². The summed E-state index contributed by atoms with van der Waals surface area (Å²) in [6.07, 6.45) is 0.281. The number of hydrogen-bond acceptors (Lipinski definition) is 7. The van der Waals surface area contributed by atoms with Crippen LogP contribution in [0.3, 0.4) is 0 Å². The molecular weight excluding hydrogens is 390 g/mol. The van der Waals surface area contributed by atoms with E-state index in [1.54, 1.807) is 12.1 Å². The van der Waals surface area contributed by atoms with Gasteiger partial charge in [0.25, 0.3) is 5.09 Å². The minimum Gasteiger partial charge on any atom is -0.487 e. The van der Waals surface area contributed by atoms with Gasteiger partial charge in [-0.2, -0.15) is 0 Å². The highest BCUT2D eigenvalue weighted by atomic mass is 17.0. The van der Waals surface area contributed by atoms with Crippen LogP contribution in [0.4, 0.5) is 0 Å². The largest absolute Gasteiger partial charge is 0.487 e. The second kappa shape index (κ2) is 11.1. The maximum absolute atomic E-state index is 12.6. The number of carbonyl (C=O) groups excluding carboxylic acids is 1. The Morgan fingerprint density at radius 1 is 1.23 bits per heavy atom. The van der Waals surface area contributed by atoms with Crippen molar-refractivity contribution in [2.75, 3.05) is 6.54 Å². The lowest BCUT2D eigenvalue weighted by molar-refractivity contribution is -0.769. The van der Waals surface area contributed by atoms with E-state index in [2.05, 4.69) is 15.5 Å². The normalized spacial score (nSPS) is 21.3. The highest BCUT2D eigenvalue weighted by Gasteiger charge is 2.29. The van der Waals surface area contributed by atoms with Gasteiger partial charge < -0.3 is 25.3 Å². The van der Waals surface area contributed by atoms with E-state index in [1.807, 2.05) is 39.0 Å². The van der Waals surface area contributed by atoms with Crippen molar-refractivity contribution in [1.29, 1.82) is 0 Å². The molecule has 9 heteroatoms. The molecule has 0 aromatic heterocycles. The zero-order valence-corrected chi connectivity index (χ0v) is 17.9. The standard InChI is InChI=1S/C21H33N3O6/c1-21(2,3)22-14-18(25)19(29-16-7-5-4-6-8-16)13-20(26)23-15-9-11-17(12-10-15)30-24(27)28/h4-8,15,17-19,22,25H,9-14H2,1-3H3,(H,23,26). The van der Waals surface area contributed by atoms with E-state index in [-0.39, 0.29) is 30.5 Å². The molecule has 0 spiro atoms. The summed E-state index contributed by atoms with van der Waals surface area (Å²) in [4.78, 5) is 27.7. The number of carbonyl (C=O) groups is 1. The molecule has 1 fully saturated rings. The third-order valence-electron chi connectivity index (χ3n) is 4.96. The molecule has 30 heavy (non-hydrogen) atoms. The third kappa shape index (κ3) is 8.96. The number of para-hydroxylation sites is 1. The number of nitrogens with one attached hydrogen (secondary N) is 2. The highest BCUT2D eigenvalue weighted by Crippen LogP contribution is 2.22. The Morgan fingerprint density at radius 3 is 2.43 bits per heavy atom. The minimum atomic E-state index is -0.876. The molecule has 2 atom stereocenters. The Kier molecular flexibility index (Phi) is 8.86. The maximum atomic E-state index is 12.6. The Labute approximate surface area is 177 Å². The van der Waals surface area contributed by atoms with Gasteiger partial charge in [0.2, 0.25) is 5.91 Å². The van der Waals surface area contributed by atoms with Gasteiger partial charge >= 0.3 is 0 Å². The van der Waals surface area contributed by atoms with Crippen LogP contribution in [0, 0.1) is 10.1 Å². The molecule has 0 saturated heterocycles. The molecule has 0 bridgehead atoms. The fourth-order valence-electron chi connectivity index (χ4n) is 3.38. The van der Waals surface area contributed by atoms with E-state index in [9.17, 15) is 20.0 Å². The molecule has 2 rings (SSSR count). The van der Waals surface area contributed by atoms with E-state index in [4.69, 9.17) is 4.74 Å². The van der Waals surface area contributed by atoms with Crippen molar-refractivity contribution in [1.82, 2.24) is 10.6 Å². The number of amides is 1. The Bertz CT molecular complexity index is 671. The Hall–Kier alpha value is -2.39. The molecule has 1 aromatic carbocycles. The van der Waals surface area contributed by atoms with Crippen molar-refractivity contribution < 1.29 is 24.6 Å². The third-order valence-corrected chi connectivity index (χ3v) is 4.96. The van der Waals surface area contributed by atoms with Gasteiger partial charge in [-0.1, -0.05) is 18.2 Å². The van der Waals surface area contributed by atoms with Crippen LogP contribution in [0.1, 0.15) is 52.9 Å². The summed E-state index contributed by atoms with van der Waals surface area (Å²) >= 11 is 0. The summed E-state index contributed by atoms with van der Waals surface area (Å²) < 4.78 is 5.92. The summed E-state index contributed by atoms with van der Waals surface area (Å²) in [5.74, 6) is 0.368. The topological polar surface area (TPSA) is 123 Å². The molecule has 168 valence electrons. The van der Waals surface area contributed by atoms with Crippen LogP contribution >= 0.6 is 0 Å². The van der Waals surface area contributed by atoms with Gasteiger partial charge in [0.15, 0.2) is 0 Å². The van der Waals surface area contributed by atoms with Crippen molar-refractivity contribution in [3.8, 4) is 5.75 Å². The lowest BCUT2D eigenvalue weighted by Crippen LogP contribution is -2.48. The first-order chi connectivity index (χ1) is 14.1. The fourth-order valence-corrected chi connectivity index (χ4v) is 3.38. The van der Waals surface area contributed by atoms with Crippen LogP contribution in [0.15, 0.2) is 30.3 Å². The SMILES string of the molecule is CC(C)(C)NCC(O)C(CC(=O)NC1CCC(O[N+](=O)[O-])CC1)Oc1ccccc1. The lowest BCUT2D eigenvalue weighted by atomic mass is 9.93. The predicted octanol–water partition coefficient (Wildman–Crippen LogP) is 2.21. The number of rotatable bonds is 10. The van der Waals surface area contributed by atoms with E-state index in [1.165, 1.54) is 0 Å². The van der Waals surface area contributed by atoms with Gasteiger partial charge in [-0.3, -0.25) is 4.79 Å². The number of aliphatic hydroxyl groups is 1. The molecule has 1 saturated carbocycles. The van der Waals surface area contributed by atoms with Crippen molar-refractivity contribution in [3.63, 3.8) is 0 Å². The van der Waals surface area contributed by atoms with Crippen molar-refractivity contribution in [2.45, 2.75) is 82.8 Å². The maximum Gasteiger partial charge on any atom is 0.294 e. The van der Waals surface area contributed by atoms with Crippen LogP contribution < -0.4 is 15.4 Å². The zero-order valence-electron chi connectivity index (χ0n) is 17.9. The van der Waals surface area contributed by atoms with Gasteiger partial charge in [-0.05, 0) is 58.6 Å². The number of nitrogens with zero attached hydrogens (tertiary/aromatic N) is 1. The van der Waals surface area contributed by atoms with Crippen LogP contribution in [0.2, 0.25) is 0 Å². The molecule has 1 aliphatic carbocycles. The molecule has 9 nitrogen and oxygen atoms in total. The van der Waals surface area contributed by atoms with Gasteiger partial charge in [0.1, 0.15) is 24.1 Å². The summed E-state index contributed by atoms with van der Waals surface area (Å²) in [5, 5.41) is 26.5. The molecule has 1 aromatic rings. The summed E-state index contributed by atoms with van der Waals surface area (Å²) in [5.41, 5.74) is -0.176. The van der Waals surface area contributed by atoms with E-state index in [0.717, 1.165) is 0 Å². The van der Waals surface area contributed by atoms with Crippen LogP contribution in [0.5, 0.6) is 5.75 Å². The first-order valence-electron chi connectivity index (χ1n) is 10.4. The first-order valence-corrected chi connectivity index (χ1v) is 10.4. The molecule has 1 amide bonds.